The number of likely N-dealkylation sites (tertiary alicyclic amines) is 1. The van der Waals surface area contributed by atoms with Gasteiger partial charge in [-0.25, -0.2) is 0 Å². The van der Waals surface area contributed by atoms with Gasteiger partial charge >= 0.3 is 0 Å². The Kier molecular flexibility index (Phi) is 4.21. The largest absolute Gasteiger partial charge is 0.338 e. The molecular formula is C12H13ClN2OS2. The summed E-state index contributed by atoms with van der Waals surface area (Å²) >= 11 is 8.73. The van der Waals surface area contributed by atoms with Crippen molar-refractivity contribution in [2.24, 2.45) is 0 Å². The Morgan fingerprint density at radius 2 is 2.22 bits per heavy atom. The zero-order valence-corrected chi connectivity index (χ0v) is 12.4. The first-order valence-corrected chi connectivity index (χ1v) is 8.03. The number of carbonyl (C=O) groups excluding carboxylic acids is 1. The number of halogens is 1. The fourth-order valence-electron chi connectivity index (χ4n) is 2.02. The molecule has 0 atom stereocenters. The van der Waals surface area contributed by atoms with Crippen LogP contribution in [-0.4, -0.2) is 34.9 Å². The van der Waals surface area contributed by atoms with Gasteiger partial charge < -0.3 is 4.90 Å². The molecule has 1 aromatic heterocycles. The molecule has 0 N–H and O–H groups in total. The summed E-state index contributed by atoms with van der Waals surface area (Å²) in [7, 11) is 0. The first kappa shape index (κ1) is 13.7. The zero-order chi connectivity index (χ0) is 13.2. The highest BCUT2D eigenvalue weighted by Gasteiger charge is 2.35. The van der Waals surface area contributed by atoms with Gasteiger partial charge in [0, 0.05) is 13.1 Å². The summed E-state index contributed by atoms with van der Waals surface area (Å²) in [5, 5.41) is 9.20. The molecule has 1 aliphatic heterocycles. The molecule has 96 valence electrons. The maximum atomic E-state index is 12.2. The van der Waals surface area contributed by atoms with Crippen molar-refractivity contribution in [3.05, 3.63) is 21.3 Å². The Labute approximate surface area is 120 Å². The molecule has 0 unspecified atom stereocenters. The summed E-state index contributed by atoms with van der Waals surface area (Å²) in [5.41, 5.74) is 0. The third-order valence-electron chi connectivity index (χ3n) is 3.24. The van der Waals surface area contributed by atoms with E-state index in [9.17, 15) is 10.1 Å². The lowest BCUT2D eigenvalue weighted by atomic mass is 9.97. The first-order valence-electron chi connectivity index (χ1n) is 5.61. The van der Waals surface area contributed by atoms with Crippen LogP contribution < -0.4 is 0 Å². The van der Waals surface area contributed by atoms with Gasteiger partial charge in [-0.1, -0.05) is 11.6 Å². The van der Waals surface area contributed by atoms with Crippen LogP contribution in [0.3, 0.4) is 0 Å². The Morgan fingerprint density at radius 3 is 2.67 bits per heavy atom. The third-order valence-corrected chi connectivity index (χ3v) is 5.74. The van der Waals surface area contributed by atoms with Crippen LogP contribution in [-0.2, 0) is 0 Å². The minimum Gasteiger partial charge on any atom is -0.338 e. The summed E-state index contributed by atoms with van der Waals surface area (Å²) < 4.78 is 0.315. The molecule has 0 aliphatic carbocycles. The third kappa shape index (κ3) is 2.66. The van der Waals surface area contributed by atoms with E-state index in [0.29, 0.717) is 22.3 Å². The van der Waals surface area contributed by atoms with Crippen molar-refractivity contribution in [1.82, 2.24) is 4.90 Å². The molecule has 0 spiro atoms. The molecule has 6 heteroatoms. The van der Waals surface area contributed by atoms with E-state index >= 15 is 0 Å². The topological polar surface area (TPSA) is 44.1 Å². The van der Waals surface area contributed by atoms with Crippen molar-refractivity contribution in [2.45, 2.75) is 17.6 Å². The normalized spacial score (nSPS) is 18.4. The molecule has 1 saturated heterocycles. The standard InChI is InChI=1S/C12H13ClN2OS2/c1-17-12(8-14)4-6-15(7-5-12)11(16)9-2-3-10(13)18-9/h2-3H,4-7H2,1H3. The highest BCUT2D eigenvalue weighted by atomic mass is 35.5. The zero-order valence-electron chi connectivity index (χ0n) is 9.98. The molecule has 3 nitrogen and oxygen atoms in total. The number of amides is 1. The summed E-state index contributed by atoms with van der Waals surface area (Å²) in [6.45, 7) is 1.28. The second-order valence-corrected chi connectivity index (χ2v) is 7.11. The van der Waals surface area contributed by atoms with Crippen molar-refractivity contribution in [3.8, 4) is 6.07 Å². The van der Waals surface area contributed by atoms with E-state index in [2.05, 4.69) is 6.07 Å². The molecule has 2 heterocycles. The van der Waals surface area contributed by atoms with E-state index in [1.54, 1.807) is 23.9 Å². The Hall–Kier alpha value is -0.700. The number of thioether (sulfide) groups is 1. The average Bonchev–Trinajstić information content (AvgIpc) is 2.85. The molecule has 1 aromatic rings. The van der Waals surface area contributed by atoms with Crippen LogP contribution in [0.25, 0.3) is 0 Å². The van der Waals surface area contributed by atoms with Crippen LogP contribution in [0.5, 0.6) is 0 Å². The Balaban J connectivity index is 2.02. The predicted molar refractivity (Wildman–Crippen MR) is 76.3 cm³/mol. The van der Waals surface area contributed by atoms with Crippen LogP contribution >= 0.6 is 34.7 Å². The van der Waals surface area contributed by atoms with Gasteiger partial charge in [0.15, 0.2) is 0 Å². The Morgan fingerprint density at radius 1 is 1.56 bits per heavy atom. The van der Waals surface area contributed by atoms with Gasteiger partial charge in [-0.3, -0.25) is 4.79 Å². The van der Waals surface area contributed by atoms with Crippen LogP contribution in [0.4, 0.5) is 0 Å². The molecule has 0 bridgehead atoms. The van der Waals surface area contributed by atoms with Gasteiger partial charge in [0.1, 0.15) is 4.75 Å². The van der Waals surface area contributed by atoms with E-state index in [-0.39, 0.29) is 10.7 Å². The lowest BCUT2D eigenvalue weighted by molar-refractivity contribution is 0.0721. The number of rotatable bonds is 2. The highest BCUT2D eigenvalue weighted by molar-refractivity contribution is 8.00. The lowest BCUT2D eigenvalue weighted by Crippen LogP contribution is -2.44. The second-order valence-electron chi connectivity index (χ2n) is 4.21. The fourth-order valence-corrected chi connectivity index (χ4v) is 3.71. The summed E-state index contributed by atoms with van der Waals surface area (Å²) in [6, 6.07) is 5.88. The first-order chi connectivity index (χ1) is 8.60. The predicted octanol–water partition coefficient (Wildman–Crippen LogP) is 3.26. The van der Waals surface area contributed by atoms with Gasteiger partial charge in [0.25, 0.3) is 5.91 Å². The van der Waals surface area contributed by atoms with Crippen LogP contribution in [0, 0.1) is 11.3 Å². The van der Waals surface area contributed by atoms with Crippen molar-refractivity contribution in [1.29, 1.82) is 5.26 Å². The summed E-state index contributed by atoms with van der Waals surface area (Å²) in [5.74, 6) is 0.0274. The monoisotopic (exact) mass is 300 g/mol. The molecule has 0 saturated carbocycles. The lowest BCUT2D eigenvalue weighted by Gasteiger charge is -2.35. The molecule has 1 amide bonds. The Bertz CT molecular complexity index is 487. The summed E-state index contributed by atoms with van der Waals surface area (Å²) in [4.78, 5) is 14.7. The SMILES string of the molecule is CSC1(C#N)CCN(C(=O)c2ccc(Cl)s2)CC1. The minimum absolute atomic E-state index is 0.0274. The second kappa shape index (κ2) is 5.52. The number of hydrogen-bond donors (Lipinski definition) is 0. The van der Waals surface area contributed by atoms with Gasteiger partial charge in [-0.05, 0) is 31.2 Å². The van der Waals surface area contributed by atoms with E-state index in [4.69, 9.17) is 11.6 Å². The van der Waals surface area contributed by atoms with Crippen molar-refractivity contribution in [2.75, 3.05) is 19.3 Å². The smallest absolute Gasteiger partial charge is 0.263 e. The van der Waals surface area contributed by atoms with Crippen LogP contribution in [0.15, 0.2) is 12.1 Å². The summed E-state index contributed by atoms with van der Waals surface area (Å²) in [6.07, 6.45) is 3.42. The molecule has 0 radical (unpaired) electrons. The van der Waals surface area contributed by atoms with Crippen LogP contribution in [0.2, 0.25) is 4.34 Å². The van der Waals surface area contributed by atoms with Crippen molar-refractivity contribution in [3.63, 3.8) is 0 Å². The van der Waals surface area contributed by atoms with E-state index in [1.165, 1.54) is 11.3 Å². The average molecular weight is 301 g/mol. The van der Waals surface area contributed by atoms with Gasteiger partial charge in [-0.2, -0.15) is 5.26 Å². The number of hydrogen-bond acceptors (Lipinski definition) is 4. The number of nitrogens with zero attached hydrogens (tertiary/aromatic N) is 2. The maximum absolute atomic E-state index is 12.2. The maximum Gasteiger partial charge on any atom is 0.263 e. The van der Waals surface area contributed by atoms with Gasteiger partial charge in [0.05, 0.1) is 15.3 Å². The molecule has 0 aromatic carbocycles. The van der Waals surface area contributed by atoms with Crippen molar-refractivity contribution >= 4 is 40.6 Å². The van der Waals surface area contributed by atoms with E-state index in [0.717, 1.165) is 12.8 Å². The van der Waals surface area contributed by atoms with Gasteiger partial charge in [-0.15, -0.1) is 23.1 Å². The quantitative estimate of drug-likeness (QED) is 0.842. The van der Waals surface area contributed by atoms with E-state index in [1.807, 2.05) is 11.2 Å². The minimum atomic E-state index is -0.316. The molecule has 1 aliphatic rings. The molecule has 1 fully saturated rings. The number of nitriles is 1. The van der Waals surface area contributed by atoms with Crippen molar-refractivity contribution < 1.29 is 4.79 Å². The van der Waals surface area contributed by atoms with Crippen LogP contribution in [0.1, 0.15) is 22.5 Å². The fraction of sp³-hybridized carbons (Fsp3) is 0.500. The highest BCUT2D eigenvalue weighted by Crippen LogP contribution is 2.34. The van der Waals surface area contributed by atoms with Gasteiger partial charge in [0.2, 0.25) is 0 Å². The molecular weight excluding hydrogens is 288 g/mol. The molecule has 2 rings (SSSR count). The van der Waals surface area contributed by atoms with E-state index < -0.39 is 0 Å². The molecule has 18 heavy (non-hydrogen) atoms. The number of thiophene rings is 1. The number of carbonyl (C=O) groups is 1. The number of piperidine rings is 1.